The smallest absolute Gasteiger partial charge is 0.257 e. The number of amides is 1. The number of aromatic nitrogens is 1. The molecule has 1 N–H and O–H groups in total. The highest BCUT2D eigenvalue weighted by atomic mass is 35.5. The zero-order valence-electron chi connectivity index (χ0n) is 16.7. The maximum absolute atomic E-state index is 12.9. The van der Waals surface area contributed by atoms with Crippen LogP contribution >= 0.6 is 34.3 Å². The molecule has 0 radical (unpaired) electrons. The van der Waals surface area contributed by atoms with Gasteiger partial charge in [-0.2, -0.15) is 4.31 Å². The van der Waals surface area contributed by atoms with E-state index in [1.165, 1.54) is 51.2 Å². The fourth-order valence-corrected chi connectivity index (χ4v) is 6.69. The number of nitrogens with zero attached hydrogens (tertiary/aromatic N) is 2. The van der Waals surface area contributed by atoms with Crippen molar-refractivity contribution in [1.29, 1.82) is 0 Å². The standard InChI is InChI=1S/C20H20ClN3O4S3/c1-12-9-24(10-13(2)28-12)31(26,27)15-5-3-14(4-6-15)19(25)23-20-22-16(11-29-20)17-7-8-18(21)30-17/h3-8,11-13H,9-10H2,1-2H3,(H,22,23,25). The number of benzene rings is 1. The Labute approximate surface area is 193 Å². The monoisotopic (exact) mass is 497 g/mol. The summed E-state index contributed by atoms with van der Waals surface area (Å²) >= 11 is 8.69. The van der Waals surface area contributed by atoms with Crippen molar-refractivity contribution in [2.24, 2.45) is 0 Å². The number of anilines is 1. The van der Waals surface area contributed by atoms with Crippen LogP contribution in [0, 0.1) is 0 Å². The molecule has 1 fully saturated rings. The van der Waals surface area contributed by atoms with E-state index in [0.717, 1.165) is 10.6 Å². The summed E-state index contributed by atoms with van der Waals surface area (Å²) in [5.74, 6) is -0.359. The molecule has 31 heavy (non-hydrogen) atoms. The minimum absolute atomic E-state index is 0.149. The maximum atomic E-state index is 12.9. The first-order valence-corrected chi connectivity index (χ1v) is 13.0. The van der Waals surface area contributed by atoms with Crippen molar-refractivity contribution in [2.45, 2.75) is 31.0 Å². The Bertz CT molecular complexity index is 1180. The number of ether oxygens (including phenoxy) is 1. The first kappa shape index (κ1) is 22.4. The average molecular weight is 498 g/mol. The Kier molecular flexibility index (Phi) is 6.47. The Morgan fingerprint density at radius 3 is 2.45 bits per heavy atom. The molecule has 7 nitrogen and oxygen atoms in total. The average Bonchev–Trinajstić information content (AvgIpc) is 3.36. The predicted molar refractivity (Wildman–Crippen MR) is 124 cm³/mol. The lowest BCUT2D eigenvalue weighted by molar-refractivity contribution is -0.0440. The summed E-state index contributed by atoms with van der Waals surface area (Å²) in [6, 6.07) is 9.59. The number of thiazole rings is 1. The molecule has 3 heterocycles. The van der Waals surface area contributed by atoms with Gasteiger partial charge >= 0.3 is 0 Å². The van der Waals surface area contributed by atoms with E-state index in [1.54, 1.807) is 6.07 Å². The number of carbonyl (C=O) groups excluding carboxylic acids is 1. The zero-order chi connectivity index (χ0) is 22.2. The second kappa shape index (κ2) is 8.97. The fraction of sp³-hybridized carbons (Fsp3) is 0.300. The van der Waals surface area contributed by atoms with Gasteiger partial charge in [-0.1, -0.05) is 11.6 Å². The van der Waals surface area contributed by atoms with Crippen molar-refractivity contribution in [1.82, 2.24) is 9.29 Å². The van der Waals surface area contributed by atoms with Crippen LogP contribution in [0.2, 0.25) is 4.34 Å². The molecule has 1 aliphatic rings. The lowest BCUT2D eigenvalue weighted by Gasteiger charge is -2.34. The van der Waals surface area contributed by atoms with Gasteiger partial charge in [-0.25, -0.2) is 13.4 Å². The summed E-state index contributed by atoms with van der Waals surface area (Å²) in [7, 11) is -3.65. The predicted octanol–water partition coefficient (Wildman–Crippen LogP) is 4.58. The van der Waals surface area contributed by atoms with Gasteiger partial charge < -0.3 is 4.74 Å². The molecule has 2 aromatic heterocycles. The molecule has 0 aliphatic carbocycles. The summed E-state index contributed by atoms with van der Waals surface area (Å²) in [6.45, 7) is 4.30. The lowest BCUT2D eigenvalue weighted by Crippen LogP contribution is -2.48. The van der Waals surface area contributed by atoms with Crippen LogP contribution in [-0.4, -0.2) is 48.9 Å². The number of morpholine rings is 1. The Hall–Kier alpha value is -1.82. The number of sulfonamides is 1. The minimum atomic E-state index is -3.65. The van der Waals surface area contributed by atoms with Crippen LogP contribution in [0.1, 0.15) is 24.2 Å². The second-order valence-corrected chi connectivity index (χ2v) is 11.7. The molecule has 1 aliphatic heterocycles. The van der Waals surface area contributed by atoms with Crippen LogP contribution in [0.4, 0.5) is 5.13 Å². The van der Waals surface area contributed by atoms with E-state index in [4.69, 9.17) is 16.3 Å². The Morgan fingerprint density at radius 1 is 1.16 bits per heavy atom. The maximum Gasteiger partial charge on any atom is 0.257 e. The van der Waals surface area contributed by atoms with Crippen LogP contribution in [-0.2, 0) is 14.8 Å². The van der Waals surface area contributed by atoms with Crippen molar-refractivity contribution >= 4 is 55.3 Å². The minimum Gasteiger partial charge on any atom is -0.373 e. The number of halogens is 1. The van der Waals surface area contributed by atoms with Crippen molar-refractivity contribution < 1.29 is 17.9 Å². The largest absolute Gasteiger partial charge is 0.373 e. The van der Waals surface area contributed by atoms with Gasteiger partial charge in [-0.15, -0.1) is 22.7 Å². The van der Waals surface area contributed by atoms with Gasteiger partial charge in [0, 0.05) is 24.0 Å². The van der Waals surface area contributed by atoms with Gasteiger partial charge in [0.2, 0.25) is 10.0 Å². The number of carbonyl (C=O) groups is 1. The zero-order valence-corrected chi connectivity index (χ0v) is 19.9. The first-order valence-electron chi connectivity index (χ1n) is 9.50. The van der Waals surface area contributed by atoms with E-state index in [1.807, 2.05) is 25.3 Å². The van der Waals surface area contributed by atoms with Crippen LogP contribution in [0.5, 0.6) is 0 Å². The van der Waals surface area contributed by atoms with Crippen molar-refractivity contribution in [2.75, 3.05) is 18.4 Å². The molecule has 11 heteroatoms. The van der Waals surface area contributed by atoms with E-state index in [0.29, 0.717) is 28.1 Å². The van der Waals surface area contributed by atoms with Gasteiger partial charge in [0.15, 0.2) is 5.13 Å². The normalized spacial score (nSPS) is 20.0. The van der Waals surface area contributed by atoms with E-state index in [-0.39, 0.29) is 23.0 Å². The molecular formula is C20H20ClN3O4S3. The number of hydrogen-bond donors (Lipinski definition) is 1. The van der Waals surface area contributed by atoms with Crippen molar-refractivity contribution in [3.63, 3.8) is 0 Å². The summed E-state index contributed by atoms with van der Waals surface area (Å²) < 4.78 is 33.6. The molecule has 4 rings (SSSR count). The molecule has 2 atom stereocenters. The third-order valence-electron chi connectivity index (χ3n) is 4.69. The molecule has 3 aromatic rings. The molecule has 1 saturated heterocycles. The quantitative estimate of drug-likeness (QED) is 0.557. The molecule has 164 valence electrons. The fourth-order valence-electron chi connectivity index (χ4n) is 3.32. The van der Waals surface area contributed by atoms with Gasteiger partial charge in [-0.3, -0.25) is 10.1 Å². The van der Waals surface area contributed by atoms with E-state index in [2.05, 4.69) is 10.3 Å². The SMILES string of the molecule is CC1CN(S(=O)(=O)c2ccc(C(=O)Nc3nc(-c4ccc(Cl)s4)cs3)cc2)CC(C)O1. The number of hydrogen-bond acceptors (Lipinski definition) is 7. The summed E-state index contributed by atoms with van der Waals surface area (Å²) in [4.78, 5) is 18.1. The molecule has 0 bridgehead atoms. The lowest BCUT2D eigenvalue weighted by atomic mass is 10.2. The number of nitrogens with one attached hydrogen (secondary N) is 1. The molecular weight excluding hydrogens is 478 g/mol. The summed E-state index contributed by atoms with van der Waals surface area (Å²) in [6.07, 6.45) is -0.339. The van der Waals surface area contributed by atoms with Gasteiger partial charge in [0.1, 0.15) is 0 Å². The van der Waals surface area contributed by atoms with Gasteiger partial charge in [0.25, 0.3) is 5.91 Å². The Morgan fingerprint density at radius 2 is 1.84 bits per heavy atom. The van der Waals surface area contributed by atoms with Crippen LogP contribution in [0.15, 0.2) is 46.7 Å². The third-order valence-corrected chi connectivity index (χ3v) is 8.55. The molecule has 1 amide bonds. The molecule has 1 aromatic carbocycles. The van der Waals surface area contributed by atoms with E-state index < -0.39 is 10.0 Å². The Balaban J connectivity index is 1.45. The highest BCUT2D eigenvalue weighted by molar-refractivity contribution is 7.89. The van der Waals surface area contributed by atoms with Crippen LogP contribution in [0.25, 0.3) is 10.6 Å². The van der Waals surface area contributed by atoms with Crippen molar-refractivity contribution in [3.05, 3.63) is 51.7 Å². The number of thiophene rings is 1. The first-order chi connectivity index (χ1) is 14.7. The number of rotatable bonds is 5. The second-order valence-electron chi connectivity index (χ2n) is 7.20. The summed E-state index contributed by atoms with van der Waals surface area (Å²) in [5.41, 5.74) is 1.09. The van der Waals surface area contributed by atoms with Gasteiger partial charge in [0.05, 0.1) is 32.0 Å². The topological polar surface area (TPSA) is 88.6 Å². The van der Waals surface area contributed by atoms with E-state index in [9.17, 15) is 13.2 Å². The summed E-state index contributed by atoms with van der Waals surface area (Å²) in [5, 5.41) is 5.05. The highest BCUT2D eigenvalue weighted by Gasteiger charge is 2.32. The van der Waals surface area contributed by atoms with Crippen LogP contribution in [0.3, 0.4) is 0 Å². The van der Waals surface area contributed by atoms with Crippen LogP contribution < -0.4 is 5.32 Å². The van der Waals surface area contributed by atoms with Crippen molar-refractivity contribution in [3.8, 4) is 10.6 Å². The third kappa shape index (κ3) is 5.00. The highest BCUT2D eigenvalue weighted by Crippen LogP contribution is 2.33. The van der Waals surface area contributed by atoms with Gasteiger partial charge in [-0.05, 0) is 50.2 Å². The molecule has 0 saturated carbocycles. The van der Waals surface area contributed by atoms with E-state index >= 15 is 0 Å². The molecule has 2 unspecified atom stereocenters. The molecule has 0 spiro atoms.